The van der Waals surface area contributed by atoms with E-state index in [4.69, 9.17) is 5.11 Å². The minimum absolute atomic E-state index is 0.117. The van der Waals surface area contributed by atoms with Crippen molar-refractivity contribution >= 4 is 5.97 Å². The van der Waals surface area contributed by atoms with E-state index in [0.29, 0.717) is 6.42 Å². The molecule has 0 aromatic rings. The lowest BCUT2D eigenvalue weighted by Gasteiger charge is -2.33. The minimum Gasteiger partial charge on any atom is -0.478 e. The van der Waals surface area contributed by atoms with Crippen LogP contribution < -0.4 is 0 Å². The average Bonchev–Trinajstić information content (AvgIpc) is 2.01. The fourth-order valence-electron chi connectivity index (χ4n) is 1.63. The highest BCUT2D eigenvalue weighted by atomic mass is 16.4. The third-order valence-corrected chi connectivity index (χ3v) is 2.40. The summed E-state index contributed by atoms with van der Waals surface area (Å²) in [6.45, 7) is 11.0. The summed E-state index contributed by atoms with van der Waals surface area (Å²) in [4.78, 5) is 10.6. The van der Waals surface area contributed by atoms with Gasteiger partial charge in [0.1, 0.15) is 0 Å². The summed E-state index contributed by atoms with van der Waals surface area (Å²) in [7, 11) is 0. The SMILES string of the molecule is C=C(CC(C)(C)C(O)C(C)C)C(=O)O. The number of carbonyl (C=O) groups is 1. The molecule has 0 aromatic heterocycles. The summed E-state index contributed by atoms with van der Waals surface area (Å²) in [5.41, 5.74) is -0.293. The number of aliphatic carboxylic acids is 1. The number of rotatable bonds is 5. The molecule has 0 aromatic carbocycles. The molecule has 0 aliphatic carbocycles. The normalized spacial score (nSPS) is 14.1. The Morgan fingerprint density at radius 2 is 1.86 bits per heavy atom. The first-order chi connectivity index (χ1) is 6.18. The molecular weight excluding hydrogens is 180 g/mol. The fourth-order valence-corrected chi connectivity index (χ4v) is 1.63. The molecule has 3 heteroatoms. The Balaban J connectivity index is 4.48. The highest BCUT2D eigenvalue weighted by molar-refractivity contribution is 5.85. The first-order valence-electron chi connectivity index (χ1n) is 4.77. The predicted octanol–water partition coefficient (Wildman–Crippen LogP) is 2.06. The Bertz CT molecular complexity index is 229. The topological polar surface area (TPSA) is 57.5 Å². The Kier molecular flexibility index (Phi) is 4.33. The molecule has 0 aliphatic rings. The van der Waals surface area contributed by atoms with Gasteiger partial charge >= 0.3 is 5.97 Å². The van der Waals surface area contributed by atoms with E-state index >= 15 is 0 Å². The highest BCUT2D eigenvalue weighted by Gasteiger charge is 2.31. The van der Waals surface area contributed by atoms with Gasteiger partial charge in [0, 0.05) is 5.57 Å². The van der Waals surface area contributed by atoms with E-state index in [2.05, 4.69) is 6.58 Å². The zero-order valence-corrected chi connectivity index (χ0v) is 9.37. The average molecular weight is 200 g/mol. The first-order valence-corrected chi connectivity index (χ1v) is 4.77. The molecule has 0 bridgehead atoms. The minimum atomic E-state index is -0.992. The van der Waals surface area contributed by atoms with Crippen LogP contribution in [0.25, 0.3) is 0 Å². The van der Waals surface area contributed by atoms with Crippen LogP contribution in [-0.2, 0) is 4.79 Å². The van der Waals surface area contributed by atoms with Crippen molar-refractivity contribution in [3.05, 3.63) is 12.2 Å². The number of carboxylic acid groups (broad SMARTS) is 1. The van der Waals surface area contributed by atoms with Crippen molar-refractivity contribution in [2.45, 2.75) is 40.2 Å². The fraction of sp³-hybridized carbons (Fsp3) is 0.727. The van der Waals surface area contributed by atoms with Crippen LogP contribution in [0.15, 0.2) is 12.2 Å². The molecule has 0 amide bonds. The molecule has 0 aliphatic heterocycles. The van der Waals surface area contributed by atoms with Crippen LogP contribution in [0.2, 0.25) is 0 Å². The Hall–Kier alpha value is -0.830. The molecule has 0 saturated carbocycles. The molecule has 82 valence electrons. The maximum atomic E-state index is 10.6. The van der Waals surface area contributed by atoms with Crippen LogP contribution >= 0.6 is 0 Å². The van der Waals surface area contributed by atoms with Gasteiger partial charge in [-0.25, -0.2) is 4.79 Å². The largest absolute Gasteiger partial charge is 0.478 e. The maximum Gasteiger partial charge on any atom is 0.330 e. The Morgan fingerprint density at radius 3 is 2.14 bits per heavy atom. The third-order valence-electron chi connectivity index (χ3n) is 2.40. The van der Waals surface area contributed by atoms with E-state index in [1.54, 1.807) is 0 Å². The van der Waals surface area contributed by atoms with Crippen molar-refractivity contribution in [1.82, 2.24) is 0 Å². The van der Waals surface area contributed by atoms with E-state index in [0.717, 1.165) is 0 Å². The second-order valence-corrected chi connectivity index (χ2v) is 4.76. The molecule has 2 N–H and O–H groups in total. The van der Waals surface area contributed by atoms with Crippen molar-refractivity contribution in [2.24, 2.45) is 11.3 Å². The van der Waals surface area contributed by atoms with Gasteiger partial charge < -0.3 is 10.2 Å². The van der Waals surface area contributed by atoms with Gasteiger partial charge in [0.2, 0.25) is 0 Å². The number of carboxylic acids is 1. The van der Waals surface area contributed by atoms with Crippen LogP contribution in [0.3, 0.4) is 0 Å². The summed E-state index contributed by atoms with van der Waals surface area (Å²) in [5, 5.41) is 18.5. The van der Waals surface area contributed by atoms with Gasteiger partial charge in [-0.1, -0.05) is 34.3 Å². The second kappa shape index (κ2) is 4.60. The Morgan fingerprint density at radius 1 is 1.43 bits per heavy atom. The maximum absolute atomic E-state index is 10.6. The van der Waals surface area contributed by atoms with E-state index in [-0.39, 0.29) is 11.5 Å². The van der Waals surface area contributed by atoms with Crippen LogP contribution in [-0.4, -0.2) is 22.3 Å². The summed E-state index contributed by atoms with van der Waals surface area (Å²) in [5.74, 6) is -0.874. The lowest BCUT2D eigenvalue weighted by atomic mass is 9.76. The second-order valence-electron chi connectivity index (χ2n) is 4.76. The van der Waals surface area contributed by atoms with Gasteiger partial charge in [0.15, 0.2) is 0 Å². The van der Waals surface area contributed by atoms with Gasteiger partial charge in [-0.05, 0) is 17.8 Å². The van der Waals surface area contributed by atoms with E-state index in [9.17, 15) is 9.90 Å². The smallest absolute Gasteiger partial charge is 0.330 e. The van der Waals surface area contributed by atoms with Crippen molar-refractivity contribution in [2.75, 3.05) is 0 Å². The number of aliphatic hydroxyl groups excluding tert-OH is 1. The lowest BCUT2D eigenvalue weighted by molar-refractivity contribution is -0.133. The van der Waals surface area contributed by atoms with Crippen molar-refractivity contribution in [1.29, 1.82) is 0 Å². The molecular formula is C11H20O3. The first kappa shape index (κ1) is 13.2. The molecule has 3 nitrogen and oxygen atoms in total. The number of aliphatic hydroxyl groups is 1. The van der Waals surface area contributed by atoms with Gasteiger partial charge in [0.05, 0.1) is 6.10 Å². The molecule has 0 saturated heterocycles. The van der Waals surface area contributed by atoms with Crippen molar-refractivity contribution in [3.63, 3.8) is 0 Å². The molecule has 0 radical (unpaired) electrons. The van der Waals surface area contributed by atoms with Gasteiger partial charge in [-0.2, -0.15) is 0 Å². The van der Waals surface area contributed by atoms with E-state index < -0.39 is 17.5 Å². The zero-order chi connectivity index (χ0) is 11.5. The monoisotopic (exact) mass is 200 g/mol. The van der Waals surface area contributed by atoms with Gasteiger partial charge in [0.25, 0.3) is 0 Å². The molecule has 0 heterocycles. The summed E-state index contributed by atoms with van der Waals surface area (Å²) >= 11 is 0. The van der Waals surface area contributed by atoms with E-state index in [1.165, 1.54) is 0 Å². The molecule has 1 unspecified atom stereocenters. The Labute approximate surface area is 85.4 Å². The van der Waals surface area contributed by atoms with E-state index in [1.807, 2.05) is 27.7 Å². The predicted molar refractivity (Wildman–Crippen MR) is 56.0 cm³/mol. The summed E-state index contributed by atoms with van der Waals surface area (Å²) in [6, 6.07) is 0. The third kappa shape index (κ3) is 3.50. The molecule has 14 heavy (non-hydrogen) atoms. The van der Waals surface area contributed by atoms with Gasteiger partial charge in [-0.3, -0.25) is 0 Å². The summed E-state index contributed by atoms with van der Waals surface area (Å²) in [6.07, 6.45) is -0.208. The molecule has 0 spiro atoms. The number of hydrogen-bond donors (Lipinski definition) is 2. The standard InChI is InChI=1S/C11H20O3/c1-7(2)9(12)11(4,5)6-8(3)10(13)14/h7,9,12H,3,6H2,1-2,4-5H3,(H,13,14). The lowest BCUT2D eigenvalue weighted by Crippen LogP contribution is -2.34. The van der Waals surface area contributed by atoms with Crippen LogP contribution in [0.4, 0.5) is 0 Å². The van der Waals surface area contributed by atoms with Crippen molar-refractivity contribution < 1.29 is 15.0 Å². The van der Waals surface area contributed by atoms with Crippen LogP contribution in [0.5, 0.6) is 0 Å². The van der Waals surface area contributed by atoms with Crippen LogP contribution in [0.1, 0.15) is 34.1 Å². The molecule has 0 fully saturated rings. The number of hydrogen-bond acceptors (Lipinski definition) is 2. The molecule has 0 rings (SSSR count). The quantitative estimate of drug-likeness (QED) is 0.668. The van der Waals surface area contributed by atoms with Crippen molar-refractivity contribution in [3.8, 4) is 0 Å². The van der Waals surface area contributed by atoms with Crippen LogP contribution in [0, 0.1) is 11.3 Å². The molecule has 1 atom stereocenters. The zero-order valence-electron chi connectivity index (χ0n) is 9.37. The highest BCUT2D eigenvalue weighted by Crippen LogP contribution is 2.32. The van der Waals surface area contributed by atoms with Gasteiger partial charge in [-0.15, -0.1) is 0 Å². The summed E-state index contributed by atoms with van der Waals surface area (Å²) < 4.78 is 0.